The van der Waals surface area contributed by atoms with Gasteiger partial charge in [-0.3, -0.25) is 4.79 Å². The van der Waals surface area contributed by atoms with E-state index in [1.807, 2.05) is 6.07 Å². The van der Waals surface area contributed by atoms with Gasteiger partial charge >= 0.3 is 0 Å². The second-order valence-electron chi connectivity index (χ2n) is 6.66. The second kappa shape index (κ2) is 8.52. The van der Waals surface area contributed by atoms with Gasteiger partial charge in [0.2, 0.25) is 5.91 Å². The van der Waals surface area contributed by atoms with E-state index in [2.05, 4.69) is 15.1 Å². The van der Waals surface area contributed by atoms with Crippen LogP contribution in [0.25, 0.3) is 0 Å². The Bertz CT molecular complexity index is 803. The standard InChI is InChI=1S/C19H22ClFN4O2/c1-24(11-13-5-6-16(27-2)15(21)10-13)19(26)14-4-3-9-25(12-14)18-8-7-17(20)22-23-18/h5-8,10,14H,3-4,9,11-12H2,1-2H3/t14-/m0/s1. The van der Waals surface area contributed by atoms with Crippen molar-refractivity contribution in [3.8, 4) is 5.75 Å². The Balaban J connectivity index is 1.63. The van der Waals surface area contributed by atoms with Crippen LogP contribution in [0, 0.1) is 11.7 Å². The number of rotatable bonds is 5. The van der Waals surface area contributed by atoms with Gasteiger partial charge < -0.3 is 14.5 Å². The van der Waals surface area contributed by atoms with Gasteiger partial charge in [0.15, 0.2) is 22.5 Å². The summed E-state index contributed by atoms with van der Waals surface area (Å²) in [5.41, 5.74) is 0.723. The summed E-state index contributed by atoms with van der Waals surface area (Å²) in [5, 5.41) is 8.31. The normalized spacial score (nSPS) is 16.9. The smallest absolute Gasteiger partial charge is 0.227 e. The predicted molar refractivity (Wildman–Crippen MR) is 101 cm³/mol. The lowest BCUT2D eigenvalue weighted by Gasteiger charge is -2.34. The third kappa shape index (κ3) is 4.66. The molecule has 3 rings (SSSR count). The van der Waals surface area contributed by atoms with Crippen molar-refractivity contribution in [1.29, 1.82) is 0 Å². The van der Waals surface area contributed by atoms with Crippen LogP contribution in [0.3, 0.4) is 0 Å². The number of nitrogens with zero attached hydrogens (tertiary/aromatic N) is 4. The summed E-state index contributed by atoms with van der Waals surface area (Å²) < 4.78 is 18.8. The Morgan fingerprint density at radius 3 is 2.85 bits per heavy atom. The largest absolute Gasteiger partial charge is 0.494 e. The Morgan fingerprint density at radius 1 is 1.37 bits per heavy atom. The maximum absolute atomic E-state index is 13.9. The number of hydrogen-bond acceptors (Lipinski definition) is 5. The minimum absolute atomic E-state index is 0.0397. The van der Waals surface area contributed by atoms with Gasteiger partial charge in [-0.2, -0.15) is 0 Å². The summed E-state index contributed by atoms with van der Waals surface area (Å²) in [6.07, 6.45) is 1.71. The molecule has 144 valence electrons. The fraction of sp³-hybridized carbons (Fsp3) is 0.421. The lowest BCUT2D eigenvalue weighted by molar-refractivity contribution is -0.135. The molecule has 0 radical (unpaired) electrons. The Kier molecular flexibility index (Phi) is 6.11. The lowest BCUT2D eigenvalue weighted by Crippen LogP contribution is -2.43. The van der Waals surface area contributed by atoms with Crippen molar-refractivity contribution >= 4 is 23.3 Å². The van der Waals surface area contributed by atoms with E-state index in [0.717, 1.165) is 30.8 Å². The third-order valence-electron chi connectivity index (χ3n) is 4.72. The molecule has 1 amide bonds. The van der Waals surface area contributed by atoms with Crippen molar-refractivity contribution < 1.29 is 13.9 Å². The Hall–Kier alpha value is -2.41. The molecule has 0 unspecified atom stereocenters. The summed E-state index contributed by atoms with van der Waals surface area (Å²) in [7, 11) is 3.17. The van der Waals surface area contributed by atoms with Crippen molar-refractivity contribution in [2.45, 2.75) is 19.4 Å². The predicted octanol–water partition coefficient (Wildman–Crippen LogP) is 3.15. The number of halogens is 2. The van der Waals surface area contributed by atoms with E-state index in [9.17, 15) is 9.18 Å². The van der Waals surface area contributed by atoms with E-state index >= 15 is 0 Å². The topological polar surface area (TPSA) is 58.6 Å². The van der Waals surface area contributed by atoms with Gasteiger partial charge in [0.1, 0.15) is 0 Å². The van der Waals surface area contributed by atoms with Crippen LogP contribution in [0.1, 0.15) is 18.4 Å². The number of benzene rings is 1. The van der Waals surface area contributed by atoms with Crippen molar-refractivity contribution in [2.24, 2.45) is 5.92 Å². The van der Waals surface area contributed by atoms with E-state index < -0.39 is 5.82 Å². The lowest BCUT2D eigenvalue weighted by atomic mass is 9.96. The van der Waals surface area contributed by atoms with Crippen LogP contribution >= 0.6 is 11.6 Å². The number of anilines is 1. The summed E-state index contributed by atoms with van der Waals surface area (Å²) in [6.45, 7) is 1.75. The molecule has 0 bridgehead atoms. The quantitative estimate of drug-likeness (QED) is 0.782. The number of carbonyl (C=O) groups is 1. The van der Waals surface area contributed by atoms with Gasteiger partial charge in [0.05, 0.1) is 13.0 Å². The van der Waals surface area contributed by atoms with E-state index in [-0.39, 0.29) is 17.6 Å². The Labute approximate surface area is 162 Å². The molecule has 0 saturated carbocycles. The van der Waals surface area contributed by atoms with E-state index in [1.165, 1.54) is 13.2 Å². The molecule has 1 aliphatic heterocycles. The van der Waals surface area contributed by atoms with Crippen LogP contribution in [0.15, 0.2) is 30.3 Å². The van der Waals surface area contributed by atoms with Gasteiger partial charge in [0.25, 0.3) is 0 Å². The fourth-order valence-electron chi connectivity index (χ4n) is 3.34. The van der Waals surface area contributed by atoms with Crippen LogP contribution < -0.4 is 9.64 Å². The summed E-state index contributed by atoms with van der Waals surface area (Å²) >= 11 is 5.79. The van der Waals surface area contributed by atoms with Gasteiger partial charge in [-0.05, 0) is 42.7 Å². The summed E-state index contributed by atoms with van der Waals surface area (Å²) in [4.78, 5) is 16.6. The highest BCUT2D eigenvalue weighted by Crippen LogP contribution is 2.24. The molecule has 1 aromatic heterocycles. The summed E-state index contributed by atoms with van der Waals surface area (Å²) in [5.74, 6) is 0.389. The van der Waals surface area contributed by atoms with Crippen LogP contribution in [-0.2, 0) is 11.3 Å². The minimum atomic E-state index is -0.430. The number of amides is 1. The molecular weight excluding hydrogens is 371 g/mol. The van der Waals surface area contributed by atoms with Crippen molar-refractivity contribution in [3.63, 3.8) is 0 Å². The van der Waals surface area contributed by atoms with E-state index in [0.29, 0.717) is 18.2 Å². The molecule has 1 aliphatic rings. The monoisotopic (exact) mass is 392 g/mol. The number of ether oxygens (including phenoxy) is 1. The van der Waals surface area contributed by atoms with Crippen LogP contribution in [0.2, 0.25) is 5.15 Å². The van der Waals surface area contributed by atoms with Gasteiger partial charge in [0, 0.05) is 26.7 Å². The van der Waals surface area contributed by atoms with E-state index in [1.54, 1.807) is 30.1 Å². The molecule has 0 aliphatic carbocycles. The third-order valence-corrected chi connectivity index (χ3v) is 4.93. The zero-order valence-electron chi connectivity index (χ0n) is 15.4. The van der Waals surface area contributed by atoms with E-state index in [4.69, 9.17) is 16.3 Å². The first-order valence-corrected chi connectivity index (χ1v) is 9.17. The van der Waals surface area contributed by atoms with Crippen molar-refractivity contribution in [3.05, 3.63) is 46.9 Å². The molecule has 2 heterocycles. The van der Waals surface area contributed by atoms with Crippen molar-refractivity contribution in [1.82, 2.24) is 15.1 Å². The zero-order valence-corrected chi connectivity index (χ0v) is 16.1. The SMILES string of the molecule is COc1ccc(CN(C)C(=O)[C@H]2CCCN(c3ccc(Cl)nn3)C2)cc1F. The molecule has 2 aromatic rings. The van der Waals surface area contributed by atoms with Crippen molar-refractivity contribution in [2.75, 3.05) is 32.1 Å². The number of aromatic nitrogens is 2. The molecule has 1 saturated heterocycles. The van der Waals surface area contributed by atoms with Gasteiger partial charge in [-0.1, -0.05) is 17.7 Å². The molecule has 6 nitrogen and oxygen atoms in total. The maximum atomic E-state index is 13.9. The highest BCUT2D eigenvalue weighted by atomic mass is 35.5. The molecule has 0 spiro atoms. The number of piperidine rings is 1. The maximum Gasteiger partial charge on any atom is 0.227 e. The van der Waals surface area contributed by atoms with Gasteiger partial charge in [-0.15, -0.1) is 10.2 Å². The average molecular weight is 393 g/mol. The first-order chi connectivity index (χ1) is 13.0. The molecule has 1 fully saturated rings. The van der Waals surface area contributed by atoms with Gasteiger partial charge in [-0.25, -0.2) is 4.39 Å². The van der Waals surface area contributed by atoms with Crippen LogP contribution in [0.5, 0.6) is 5.75 Å². The number of carbonyl (C=O) groups excluding carboxylic acids is 1. The summed E-state index contributed by atoms with van der Waals surface area (Å²) in [6, 6.07) is 8.25. The zero-order chi connectivity index (χ0) is 19.4. The Morgan fingerprint density at radius 2 is 2.19 bits per heavy atom. The molecule has 0 N–H and O–H groups in total. The molecule has 8 heteroatoms. The molecule has 1 aromatic carbocycles. The fourth-order valence-corrected chi connectivity index (χ4v) is 3.44. The van der Waals surface area contributed by atoms with Crippen LogP contribution in [0.4, 0.5) is 10.2 Å². The molecule has 27 heavy (non-hydrogen) atoms. The number of methoxy groups -OCH3 is 1. The highest BCUT2D eigenvalue weighted by Gasteiger charge is 2.28. The second-order valence-corrected chi connectivity index (χ2v) is 7.05. The first-order valence-electron chi connectivity index (χ1n) is 8.79. The number of hydrogen-bond donors (Lipinski definition) is 0. The minimum Gasteiger partial charge on any atom is -0.494 e. The average Bonchev–Trinajstić information content (AvgIpc) is 2.68. The molecule has 1 atom stereocenters. The highest BCUT2D eigenvalue weighted by molar-refractivity contribution is 6.29. The molecular formula is C19H22ClFN4O2. The van der Waals surface area contributed by atoms with Crippen LogP contribution in [-0.4, -0.2) is 48.3 Å². The first kappa shape index (κ1) is 19.4.